The normalized spacial score (nSPS) is 14.0. The van der Waals surface area contributed by atoms with Crippen LogP contribution in [0.5, 0.6) is 0 Å². The van der Waals surface area contributed by atoms with Gasteiger partial charge in [-0.3, -0.25) is 9.48 Å². The highest BCUT2D eigenvalue weighted by Gasteiger charge is 2.23. The smallest absolute Gasteiger partial charge is 0.269 e. The number of carbonyl (C=O) groups excluding carboxylic acids is 1. The standard InChI is InChI=1S/C14H14ClFN4O/c15-10-5-8(1-2-11(10)16)7-20-12-3-4-18-6-9(12)13(19-20)14(17)21/h1-2,5,18H,3-4,6-7H2,(H2,17,21). The SMILES string of the molecule is NC(=O)c1nn(Cc2ccc(F)c(Cl)c2)c2c1CNCC2. The van der Waals surface area contributed by atoms with E-state index in [0.717, 1.165) is 29.8 Å². The maximum atomic E-state index is 13.2. The van der Waals surface area contributed by atoms with Crippen LogP contribution in [0.25, 0.3) is 0 Å². The van der Waals surface area contributed by atoms with Crippen molar-refractivity contribution in [3.8, 4) is 0 Å². The van der Waals surface area contributed by atoms with Crippen molar-refractivity contribution in [2.24, 2.45) is 5.73 Å². The minimum Gasteiger partial charge on any atom is -0.364 e. The van der Waals surface area contributed by atoms with Gasteiger partial charge in [-0.2, -0.15) is 5.10 Å². The van der Waals surface area contributed by atoms with Gasteiger partial charge in [0, 0.05) is 30.8 Å². The molecule has 0 spiro atoms. The molecule has 1 aliphatic rings. The second kappa shape index (κ2) is 5.46. The predicted octanol–water partition coefficient (Wildman–Crippen LogP) is 1.47. The van der Waals surface area contributed by atoms with Crippen molar-refractivity contribution in [3.63, 3.8) is 0 Å². The number of amides is 1. The number of primary amides is 1. The third-order valence-corrected chi connectivity index (χ3v) is 3.85. The van der Waals surface area contributed by atoms with E-state index < -0.39 is 11.7 Å². The van der Waals surface area contributed by atoms with Crippen molar-refractivity contribution in [1.29, 1.82) is 0 Å². The van der Waals surface area contributed by atoms with Gasteiger partial charge in [0.15, 0.2) is 5.69 Å². The number of hydrogen-bond acceptors (Lipinski definition) is 3. The second-order valence-electron chi connectivity index (χ2n) is 4.97. The van der Waals surface area contributed by atoms with Gasteiger partial charge < -0.3 is 11.1 Å². The number of rotatable bonds is 3. The zero-order valence-corrected chi connectivity index (χ0v) is 12.0. The summed E-state index contributed by atoms with van der Waals surface area (Å²) in [6, 6.07) is 4.54. The Morgan fingerprint density at radius 2 is 2.33 bits per heavy atom. The number of fused-ring (bicyclic) bond motifs is 1. The molecule has 0 saturated heterocycles. The van der Waals surface area contributed by atoms with Crippen LogP contribution in [0.4, 0.5) is 4.39 Å². The topological polar surface area (TPSA) is 72.9 Å². The van der Waals surface area contributed by atoms with Gasteiger partial charge in [0.25, 0.3) is 5.91 Å². The third-order valence-electron chi connectivity index (χ3n) is 3.56. The number of hydrogen-bond donors (Lipinski definition) is 2. The summed E-state index contributed by atoms with van der Waals surface area (Å²) in [6.45, 7) is 1.83. The number of nitrogens with zero attached hydrogens (tertiary/aromatic N) is 2. The minimum atomic E-state index is -0.536. The molecule has 3 N–H and O–H groups in total. The summed E-state index contributed by atoms with van der Waals surface area (Å²) in [4.78, 5) is 11.5. The van der Waals surface area contributed by atoms with E-state index in [1.807, 2.05) is 0 Å². The van der Waals surface area contributed by atoms with Gasteiger partial charge in [0.2, 0.25) is 0 Å². The minimum absolute atomic E-state index is 0.0744. The summed E-state index contributed by atoms with van der Waals surface area (Å²) >= 11 is 5.79. The first-order valence-corrected chi connectivity index (χ1v) is 6.97. The number of halogens is 2. The quantitative estimate of drug-likeness (QED) is 0.902. The fraction of sp³-hybridized carbons (Fsp3) is 0.286. The van der Waals surface area contributed by atoms with E-state index >= 15 is 0 Å². The molecule has 1 aromatic heterocycles. The van der Waals surface area contributed by atoms with Crippen molar-refractivity contribution in [2.45, 2.75) is 19.5 Å². The van der Waals surface area contributed by atoms with Crippen LogP contribution >= 0.6 is 11.6 Å². The first-order valence-electron chi connectivity index (χ1n) is 6.59. The monoisotopic (exact) mass is 308 g/mol. The Balaban J connectivity index is 1.98. The lowest BCUT2D eigenvalue weighted by Gasteiger charge is -2.15. The van der Waals surface area contributed by atoms with Crippen molar-refractivity contribution in [1.82, 2.24) is 15.1 Å². The van der Waals surface area contributed by atoms with Crippen LogP contribution < -0.4 is 11.1 Å². The molecule has 0 bridgehead atoms. The molecule has 0 atom stereocenters. The van der Waals surface area contributed by atoms with Crippen molar-refractivity contribution in [3.05, 3.63) is 51.6 Å². The summed E-state index contributed by atoms with van der Waals surface area (Å²) < 4.78 is 14.9. The summed E-state index contributed by atoms with van der Waals surface area (Å²) in [5.41, 5.74) is 8.33. The molecule has 0 aliphatic carbocycles. The molecule has 3 rings (SSSR count). The zero-order valence-electron chi connectivity index (χ0n) is 11.2. The number of benzene rings is 1. The Morgan fingerprint density at radius 3 is 3.05 bits per heavy atom. The Hall–Kier alpha value is -1.92. The third kappa shape index (κ3) is 2.64. The maximum absolute atomic E-state index is 13.2. The lowest BCUT2D eigenvalue weighted by Crippen LogP contribution is -2.26. The molecule has 1 amide bonds. The molecule has 7 heteroatoms. The molecule has 0 saturated carbocycles. The first kappa shape index (κ1) is 14.0. The van der Waals surface area contributed by atoms with Crippen LogP contribution in [0.1, 0.15) is 27.3 Å². The van der Waals surface area contributed by atoms with E-state index in [9.17, 15) is 9.18 Å². The number of nitrogens with two attached hydrogens (primary N) is 1. The Bertz CT molecular complexity index is 713. The van der Waals surface area contributed by atoms with E-state index in [-0.39, 0.29) is 5.02 Å². The van der Waals surface area contributed by atoms with Crippen LogP contribution in [0.2, 0.25) is 5.02 Å². The van der Waals surface area contributed by atoms with Gasteiger partial charge in [-0.25, -0.2) is 4.39 Å². The zero-order chi connectivity index (χ0) is 15.0. The highest BCUT2D eigenvalue weighted by molar-refractivity contribution is 6.30. The van der Waals surface area contributed by atoms with E-state index in [1.165, 1.54) is 6.07 Å². The fourth-order valence-electron chi connectivity index (χ4n) is 2.56. The Labute approximate surface area is 125 Å². The lowest BCUT2D eigenvalue weighted by molar-refractivity contribution is 0.0993. The highest BCUT2D eigenvalue weighted by atomic mass is 35.5. The molecule has 1 aliphatic heterocycles. The number of aromatic nitrogens is 2. The van der Waals surface area contributed by atoms with Gasteiger partial charge in [0.1, 0.15) is 5.82 Å². The first-order chi connectivity index (χ1) is 10.1. The Kier molecular flexibility index (Phi) is 3.65. The van der Waals surface area contributed by atoms with Crippen molar-refractivity contribution >= 4 is 17.5 Å². The Morgan fingerprint density at radius 1 is 1.52 bits per heavy atom. The molecule has 0 fully saturated rings. The molecule has 1 aromatic carbocycles. The van der Waals surface area contributed by atoms with Crippen LogP contribution in [-0.4, -0.2) is 22.2 Å². The van der Waals surface area contributed by atoms with Crippen LogP contribution in [0, 0.1) is 5.82 Å². The molecule has 5 nitrogen and oxygen atoms in total. The summed E-state index contributed by atoms with van der Waals surface area (Å²) in [7, 11) is 0. The van der Waals surface area contributed by atoms with Crippen molar-refractivity contribution < 1.29 is 9.18 Å². The molecule has 2 heterocycles. The second-order valence-corrected chi connectivity index (χ2v) is 5.38. The molecule has 110 valence electrons. The molecular formula is C14H14ClFN4O. The van der Waals surface area contributed by atoms with E-state index in [0.29, 0.717) is 18.8 Å². The van der Waals surface area contributed by atoms with Crippen LogP contribution in [0.15, 0.2) is 18.2 Å². The summed E-state index contributed by atoms with van der Waals surface area (Å²) in [5.74, 6) is -0.990. The van der Waals surface area contributed by atoms with Gasteiger partial charge in [-0.1, -0.05) is 17.7 Å². The molecule has 21 heavy (non-hydrogen) atoms. The van der Waals surface area contributed by atoms with Crippen LogP contribution in [-0.2, 0) is 19.5 Å². The fourth-order valence-corrected chi connectivity index (χ4v) is 2.76. The average Bonchev–Trinajstić information content (AvgIpc) is 2.82. The summed E-state index contributed by atoms with van der Waals surface area (Å²) in [5, 5.41) is 7.58. The van der Waals surface area contributed by atoms with Gasteiger partial charge in [-0.15, -0.1) is 0 Å². The maximum Gasteiger partial charge on any atom is 0.269 e. The van der Waals surface area contributed by atoms with Gasteiger partial charge in [0.05, 0.1) is 11.6 Å². The molecular weight excluding hydrogens is 295 g/mol. The number of nitrogens with one attached hydrogen (secondary N) is 1. The van der Waals surface area contributed by atoms with Gasteiger partial charge >= 0.3 is 0 Å². The van der Waals surface area contributed by atoms with Gasteiger partial charge in [-0.05, 0) is 17.7 Å². The molecule has 0 unspecified atom stereocenters. The van der Waals surface area contributed by atoms with Crippen LogP contribution in [0.3, 0.4) is 0 Å². The van der Waals surface area contributed by atoms with E-state index in [2.05, 4.69) is 10.4 Å². The molecule has 0 radical (unpaired) electrons. The predicted molar refractivity (Wildman–Crippen MR) is 76.7 cm³/mol. The van der Waals surface area contributed by atoms with E-state index in [1.54, 1.807) is 16.8 Å². The van der Waals surface area contributed by atoms with Crippen molar-refractivity contribution in [2.75, 3.05) is 6.54 Å². The van der Waals surface area contributed by atoms with E-state index in [4.69, 9.17) is 17.3 Å². The average molecular weight is 309 g/mol. The summed E-state index contributed by atoms with van der Waals surface area (Å²) in [6.07, 6.45) is 0.768. The number of carbonyl (C=O) groups is 1. The largest absolute Gasteiger partial charge is 0.364 e. The lowest BCUT2D eigenvalue weighted by atomic mass is 10.1. The molecule has 2 aromatic rings. The highest BCUT2D eigenvalue weighted by Crippen LogP contribution is 2.21.